The third kappa shape index (κ3) is 3.36. The molecule has 0 saturated carbocycles. The smallest absolute Gasteiger partial charge is 0.265 e. The Bertz CT molecular complexity index is 901. The standard InChI is InChI=1S/C19H17FN2O2S/c20-16-2-1-3-17-15(16)12-18(25-17)19(23)21-13-4-6-14(7-5-13)22-8-10-24-11-9-22/h1-7,12H,8-11H2,(H,21,23). The molecule has 25 heavy (non-hydrogen) atoms. The Morgan fingerprint density at radius 3 is 2.60 bits per heavy atom. The summed E-state index contributed by atoms with van der Waals surface area (Å²) in [6.07, 6.45) is 0. The van der Waals surface area contributed by atoms with Gasteiger partial charge in [0.05, 0.1) is 18.1 Å². The van der Waals surface area contributed by atoms with E-state index in [1.807, 2.05) is 30.3 Å². The molecule has 0 bridgehead atoms. The highest BCUT2D eigenvalue weighted by Gasteiger charge is 2.14. The van der Waals surface area contributed by atoms with E-state index >= 15 is 0 Å². The zero-order valence-corrected chi connectivity index (χ0v) is 14.3. The number of nitrogens with zero attached hydrogens (tertiary/aromatic N) is 1. The van der Waals surface area contributed by atoms with Gasteiger partial charge in [0.1, 0.15) is 5.82 Å². The molecule has 1 amide bonds. The molecule has 4 rings (SSSR count). The van der Waals surface area contributed by atoms with E-state index in [9.17, 15) is 9.18 Å². The Morgan fingerprint density at radius 2 is 1.88 bits per heavy atom. The van der Waals surface area contributed by atoms with Crippen molar-refractivity contribution in [3.8, 4) is 0 Å². The van der Waals surface area contributed by atoms with Crippen LogP contribution < -0.4 is 10.2 Å². The largest absolute Gasteiger partial charge is 0.378 e. The second-order valence-electron chi connectivity index (χ2n) is 5.86. The predicted octanol–water partition coefficient (Wildman–Crippen LogP) is 4.13. The summed E-state index contributed by atoms with van der Waals surface area (Å²) < 4.78 is 19.9. The maximum absolute atomic E-state index is 13.8. The Morgan fingerprint density at radius 1 is 1.12 bits per heavy atom. The molecule has 0 spiro atoms. The van der Waals surface area contributed by atoms with Gasteiger partial charge in [-0.3, -0.25) is 4.79 Å². The average Bonchev–Trinajstić information content (AvgIpc) is 3.09. The second-order valence-corrected chi connectivity index (χ2v) is 6.95. The van der Waals surface area contributed by atoms with Crippen molar-refractivity contribution in [3.05, 3.63) is 59.2 Å². The molecular weight excluding hydrogens is 339 g/mol. The number of rotatable bonds is 3. The fraction of sp³-hybridized carbons (Fsp3) is 0.211. The zero-order chi connectivity index (χ0) is 17.2. The van der Waals surface area contributed by atoms with E-state index in [1.165, 1.54) is 17.4 Å². The van der Waals surface area contributed by atoms with Crippen LogP contribution >= 0.6 is 11.3 Å². The maximum atomic E-state index is 13.8. The Balaban J connectivity index is 1.49. The fourth-order valence-corrected chi connectivity index (χ4v) is 3.88. The Hall–Kier alpha value is -2.44. The summed E-state index contributed by atoms with van der Waals surface area (Å²) in [7, 11) is 0. The zero-order valence-electron chi connectivity index (χ0n) is 13.5. The van der Waals surface area contributed by atoms with E-state index in [4.69, 9.17) is 4.74 Å². The van der Waals surface area contributed by atoms with Crippen LogP contribution in [0.25, 0.3) is 10.1 Å². The third-order valence-electron chi connectivity index (χ3n) is 4.23. The van der Waals surface area contributed by atoms with E-state index in [0.717, 1.165) is 42.4 Å². The van der Waals surface area contributed by atoms with Gasteiger partial charge in [-0.2, -0.15) is 0 Å². The van der Waals surface area contributed by atoms with Gasteiger partial charge >= 0.3 is 0 Å². The quantitative estimate of drug-likeness (QED) is 0.767. The summed E-state index contributed by atoms with van der Waals surface area (Å²) in [5.74, 6) is -0.526. The number of ether oxygens (including phenoxy) is 1. The number of hydrogen-bond acceptors (Lipinski definition) is 4. The number of fused-ring (bicyclic) bond motifs is 1. The van der Waals surface area contributed by atoms with E-state index < -0.39 is 0 Å². The van der Waals surface area contributed by atoms with Gasteiger partial charge in [0.15, 0.2) is 0 Å². The summed E-state index contributed by atoms with van der Waals surface area (Å²) >= 11 is 1.29. The lowest BCUT2D eigenvalue weighted by molar-refractivity contribution is 0.103. The molecule has 1 N–H and O–H groups in total. The topological polar surface area (TPSA) is 41.6 Å². The van der Waals surface area contributed by atoms with Crippen LogP contribution in [0.1, 0.15) is 9.67 Å². The van der Waals surface area contributed by atoms with Crippen LogP contribution in [-0.4, -0.2) is 32.2 Å². The van der Waals surface area contributed by atoms with Gasteiger partial charge in [-0.25, -0.2) is 4.39 Å². The van der Waals surface area contributed by atoms with Crippen molar-refractivity contribution in [1.82, 2.24) is 0 Å². The van der Waals surface area contributed by atoms with Crippen molar-refractivity contribution in [1.29, 1.82) is 0 Å². The molecule has 0 aliphatic carbocycles. The number of benzene rings is 2. The van der Waals surface area contributed by atoms with Gasteiger partial charge < -0.3 is 15.0 Å². The number of thiophene rings is 1. The normalized spacial score (nSPS) is 14.7. The minimum atomic E-state index is -0.303. The van der Waals surface area contributed by atoms with Crippen LogP contribution in [-0.2, 0) is 4.74 Å². The van der Waals surface area contributed by atoms with Crippen molar-refractivity contribution in [2.45, 2.75) is 0 Å². The Kier molecular flexibility index (Phi) is 4.38. The van der Waals surface area contributed by atoms with Crippen molar-refractivity contribution >= 4 is 38.7 Å². The lowest BCUT2D eigenvalue weighted by atomic mass is 10.2. The van der Waals surface area contributed by atoms with Crippen molar-refractivity contribution in [3.63, 3.8) is 0 Å². The number of hydrogen-bond donors (Lipinski definition) is 1. The van der Waals surface area contributed by atoms with E-state index in [-0.39, 0.29) is 11.7 Å². The van der Waals surface area contributed by atoms with Crippen LogP contribution in [0, 0.1) is 5.82 Å². The molecule has 2 heterocycles. The molecule has 1 aliphatic heterocycles. The summed E-state index contributed by atoms with van der Waals surface area (Å²) in [6.45, 7) is 3.22. The summed E-state index contributed by atoms with van der Waals surface area (Å²) in [5, 5.41) is 3.36. The third-order valence-corrected chi connectivity index (χ3v) is 5.33. The SMILES string of the molecule is O=C(Nc1ccc(N2CCOCC2)cc1)c1cc2c(F)cccc2s1. The first-order valence-corrected chi connectivity index (χ1v) is 8.94. The molecule has 1 fully saturated rings. The summed E-state index contributed by atoms with van der Waals surface area (Å²) in [6, 6.07) is 14.2. The van der Waals surface area contributed by atoms with Gasteiger partial charge in [0, 0.05) is 34.6 Å². The molecule has 1 aliphatic rings. The maximum Gasteiger partial charge on any atom is 0.265 e. The highest BCUT2D eigenvalue weighted by atomic mass is 32.1. The first-order chi connectivity index (χ1) is 12.2. The molecule has 3 aromatic rings. The van der Waals surface area contributed by atoms with Crippen LogP contribution in [0.3, 0.4) is 0 Å². The van der Waals surface area contributed by atoms with Crippen molar-refractivity contribution < 1.29 is 13.9 Å². The van der Waals surface area contributed by atoms with Gasteiger partial charge in [-0.15, -0.1) is 11.3 Å². The van der Waals surface area contributed by atoms with Gasteiger partial charge in [-0.05, 0) is 42.5 Å². The molecule has 0 unspecified atom stereocenters. The number of anilines is 2. The van der Waals surface area contributed by atoms with Crippen LogP contribution in [0.4, 0.5) is 15.8 Å². The molecule has 4 nitrogen and oxygen atoms in total. The minimum absolute atomic E-state index is 0.222. The van der Waals surface area contributed by atoms with Crippen LogP contribution in [0.15, 0.2) is 48.5 Å². The molecule has 1 saturated heterocycles. The van der Waals surface area contributed by atoms with Gasteiger partial charge in [0.2, 0.25) is 0 Å². The first kappa shape index (κ1) is 16.1. The van der Waals surface area contributed by atoms with E-state index in [0.29, 0.717) is 10.3 Å². The molecule has 128 valence electrons. The number of carbonyl (C=O) groups is 1. The number of amides is 1. The number of carbonyl (C=O) groups excluding carboxylic acids is 1. The second kappa shape index (κ2) is 6.82. The molecular formula is C19H17FN2O2S. The van der Waals surface area contributed by atoms with Gasteiger partial charge in [0.25, 0.3) is 5.91 Å². The van der Waals surface area contributed by atoms with Crippen LogP contribution in [0.2, 0.25) is 0 Å². The van der Waals surface area contributed by atoms with Crippen molar-refractivity contribution in [2.75, 3.05) is 36.5 Å². The molecule has 1 aromatic heterocycles. The molecule has 0 atom stereocenters. The van der Waals surface area contributed by atoms with Crippen LogP contribution in [0.5, 0.6) is 0 Å². The highest BCUT2D eigenvalue weighted by Crippen LogP contribution is 2.28. The average molecular weight is 356 g/mol. The fourth-order valence-electron chi connectivity index (χ4n) is 2.91. The highest BCUT2D eigenvalue weighted by molar-refractivity contribution is 7.20. The lowest BCUT2D eigenvalue weighted by Crippen LogP contribution is -2.36. The van der Waals surface area contributed by atoms with E-state index in [2.05, 4.69) is 10.2 Å². The summed E-state index contributed by atoms with van der Waals surface area (Å²) in [5.41, 5.74) is 1.84. The van der Waals surface area contributed by atoms with Crippen molar-refractivity contribution in [2.24, 2.45) is 0 Å². The monoisotopic (exact) mass is 356 g/mol. The first-order valence-electron chi connectivity index (χ1n) is 8.13. The predicted molar refractivity (Wildman–Crippen MR) is 99.2 cm³/mol. The number of nitrogens with one attached hydrogen (secondary N) is 1. The van der Waals surface area contributed by atoms with E-state index in [1.54, 1.807) is 12.1 Å². The lowest BCUT2D eigenvalue weighted by Gasteiger charge is -2.28. The minimum Gasteiger partial charge on any atom is -0.378 e. The van der Waals surface area contributed by atoms with Gasteiger partial charge in [-0.1, -0.05) is 6.07 Å². The molecule has 0 radical (unpaired) electrons. The summed E-state index contributed by atoms with van der Waals surface area (Å²) in [4.78, 5) is 15.2. The number of halogens is 1. The Labute approximate surface area is 148 Å². The molecule has 2 aromatic carbocycles. The number of morpholine rings is 1. The molecule has 6 heteroatoms.